The van der Waals surface area contributed by atoms with Gasteiger partial charge in [0.15, 0.2) is 0 Å². The minimum Gasteiger partial charge on any atom is -0.489 e. The summed E-state index contributed by atoms with van der Waals surface area (Å²) in [6.45, 7) is 2.14. The van der Waals surface area contributed by atoms with Gasteiger partial charge in [-0.1, -0.05) is 25.1 Å². The van der Waals surface area contributed by atoms with Crippen LogP contribution in [-0.2, 0) is 13.5 Å². The SMILES string of the molecule is CCC1Cc2cc(S)cc(-c3cn(C)c(=O)c4ccccc34)c2O1. The van der Waals surface area contributed by atoms with Crippen LogP contribution in [0.4, 0.5) is 0 Å². The largest absolute Gasteiger partial charge is 0.489 e. The van der Waals surface area contributed by atoms with Crippen molar-refractivity contribution in [3.05, 3.63) is 58.5 Å². The van der Waals surface area contributed by atoms with E-state index in [4.69, 9.17) is 4.74 Å². The summed E-state index contributed by atoms with van der Waals surface area (Å²) in [6, 6.07) is 11.9. The number of aryl methyl sites for hydroxylation is 1. The summed E-state index contributed by atoms with van der Waals surface area (Å²) in [6.07, 6.45) is 4.00. The normalized spacial score (nSPS) is 16.2. The van der Waals surface area contributed by atoms with Gasteiger partial charge in [-0.25, -0.2) is 0 Å². The van der Waals surface area contributed by atoms with Crippen LogP contribution in [-0.4, -0.2) is 10.7 Å². The van der Waals surface area contributed by atoms with Crippen molar-refractivity contribution >= 4 is 23.4 Å². The van der Waals surface area contributed by atoms with Crippen molar-refractivity contribution in [1.29, 1.82) is 0 Å². The van der Waals surface area contributed by atoms with Gasteiger partial charge in [-0.05, 0) is 35.6 Å². The van der Waals surface area contributed by atoms with Crippen LogP contribution in [0.5, 0.6) is 5.75 Å². The number of benzene rings is 2. The number of nitrogens with zero attached hydrogens (tertiary/aromatic N) is 1. The third-order valence-electron chi connectivity index (χ3n) is 4.72. The molecule has 0 amide bonds. The van der Waals surface area contributed by atoms with Gasteiger partial charge in [0.1, 0.15) is 11.9 Å². The molecular formula is C20H19NO2S. The van der Waals surface area contributed by atoms with Crippen LogP contribution in [0.3, 0.4) is 0 Å². The fourth-order valence-electron chi connectivity index (χ4n) is 3.48. The number of ether oxygens (including phenoxy) is 1. The number of pyridine rings is 1. The lowest BCUT2D eigenvalue weighted by molar-refractivity contribution is 0.229. The van der Waals surface area contributed by atoms with Crippen LogP contribution in [0.1, 0.15) is 18.9 Å². The first-order valence-electron chi connectivity index (χ1n) is 8.19. The Hall–Kier alpha value is -2.20. The summed E-state index contributed by atoms with van der Waals surface area (Å²) >= 11 is 4.58. The Bertz CT molecular complexity index is 1010. The average Bonchev–Trinajstić information content (AvgIpc) is 3.00. The van der Waals surface area contributed by atoms with Crippen LogP contribution < -0.4 is 10.3 Å². The highest BCUT2D eigenvalue weighted by atomic mass is 32.1. The first kappa shape index (κ1) is 15.3. The molecule has 2 aromatic carbocycles. The van der Waals surface area contributed by atoms with Crippen LogP contribution in [0, 0.1) is 0 Å². The zero-order valence-corrected chi connectivity index (χ0v) is 14.6. The molecule has 0 saturated heterocycles. The van der Waals surface area contributed by atoms with Crippen molar-refractivity contribution in [2.24, 2.45) is 7.05 Å². The average molecular weight is 337 g/mol. The maximum atomic E-state index is 12.4. The van der Waals surface area contributed by atoms with E-state index in [0.717, 1.165) is 45.4 Å². The van der Waals surface area contributed by atoms with E-state index in [9.17, 15) is 4.79 Å². The van der Waals surface area contributed by atoms with Crippen molar-refractivity contribution in [2.45, 2.75) is 30.8 Å². The van der Waals surface area contributed by atoms with Gasteiger partial charge in [-0.2, -0.15) is 0 Å². The van der Waals surface area contributed by atoms with Gasteiger partial charge in [0.05, 0.1) is 0 Å². The molecule has 0 fully saturated rings. The van der Waals surface area contributed by atoms with Crippen LogP contribution in [0.25, 0.3) is 21.9 Å². The minimum atomic E-state index is 0.0142. The second-order valence-corrected chi connectivity index (χ2v) is 6.85. The summed E-state index contributed by atoms with van der Waals surface area (Å²) in [5.74, 6) is 0.934. The standard InChI is InChI=1S/C20H19NO2S/c1-3-13-8-12-9-14(24)10-17(19(12)23-13)18-11-21(2)20(22)16-7-5-4-6-15(16)18/h4-7,9-11,13,24H,3,8H2,1-2H3. The maximum absolute atomic E-state index is 12.4. The zero-order chi connectivity index (χ0) is 16.8. The zero-order valence-electron chi connectivity index (χ0n) is 13.7. The molecule has 0 N–H and O–H groups in total. The first-order chi connectivity index (χ1) is 11.6. The number of rotatable bonds is 2. The van der Waals surface area contributed by atoms with Crippen molar-refractivity contribution in [3.63, 3.8) is 0 Å². The van der Waals surface area contributed by atoms with Crippen molar-refractivity contribution < 1.29 is 4.74 Å². The van der Waals surface area contributed by atoms with Gasteiger partial charge in [0.25, 0.3) is 5.56 Å². The second kappa shape index (κ2) is 5.71. The third-order valence-corrected chi connectivity index (χ3v) is 4.98. The van der Waals surface area contributed by atoms with Gasteiger partial charge >= 0.3 is 0 Å². The lowest BCUT2D eigenvalue weighted by Gasteiger charge is -2.14. The fraction of sp³-hybridized carbons (Fsp3) is 0.250. The first-order valence-corrected chi connectivity index (χ1v) is 8.64. The number of fused-ring (bicyclic) bond motifs is 2. The van der Waals surface area contributed by atoms with E-state index in [1.165, 1.54) is 5.56 Å². The molecule has 1 aliphatic rings. The van der Waals surface area contributed by atoms with E-state index in [-0.39, 0.29) is 11.7 Å². The van der Waals surface area contributed by atoms with Crippen LogP contribution >= 0.6 is 12.6 Å². The van der Waals surface area contributed by atoms with Crippen LogP contribution in [0.15, 0.2) is 52.3 Å². The predicted molar refractivity (Wildman–Crippen MR) is 100 cm³/mol. The van der Waals surface area contributed by atoms with Gasteiger partial charge in [0, 0.05) is 41.1 Å². The van der Waals surface area contributed by atoms with Crippen LogP contribution in [0.2, 0.25) is 0 Å². The predicted octanol–water partition coefficient (Wildman–Crippen LogP) is 4.21. The number of thiol groups is 1. The number of hydrogen-bond donors (Lipinski definition) is 1. The molecule has 4 heteroatoms. The summed E-state index contributed by atoms with van der Waals surface area (Å²) in [7, 11) is 1.79. The van der Waals surface area contributed by atoms with Gasteiger partial charge in [-0.15, -0.1) is 12.6 Å². The molecule has 1 atom stereocenters. The molecule has 1 aliphatic heterocycles. The molecule has 4 rings (SSSR count). The molecule has 0 aliphatic carbocycles. The second-order valence-electron chi connectivity index (χ2n) is 6.34. The number of aromatic nitrogens is 1. The molecule has 0 radical (unpaired) electrons. The smallest absolute Gasteiger partial charge is 0.258 e. The van der Waals surface area contributed by atoms with E-state index in [1.54, 1.807) is 11.6 Å². The molecule has 0 saturated carbocycles. The Morgan fingerprint density at radius 2 is 1.96 bits per heavy atom. The summed E-state index contributed by atoms with van der Waals surface area (Å²) in [5, 5.41) is 1.67. The Labute approximate surface area is 146 Å². The molecule has 3 aromatic rings. The summed E-state index contributed by atoms with van der Waals surface area (Å²) in [5.41, 5.74) is 3.24. The van der Waals surface area contributed by atoms with Crippen molar-refractivity contribution in [3.8, 4) is 16.9 Å². The highest BCUT2D eigenvalue weighted by Crippen LogP contribution is 2.42. The molecule has 0 spiro atoms. The van der Waals surface area contributed by atoms with Crippen molar-refractivity contribution in [2.75, 3.05) is 0 Å². The van der Waals surface area contributed by atoms with E-state index in [0.29, 0.717) is 0 Å². The highest BCUT2D eigenvalue weighted by Gasteiger charge is 2.26. The maximum Gasteiger partial charge on any atom is 0.258 e. The molecule has 1 aromatic heterocycles. The quantitative estimate of drug-likeness (QED) is 0.710. The molecule has 2 heterocycles. The summed E-state index contributed by atoms with van der Waals surface area (Å²) in [4.78, 5) is 13.3. The van der Waals surface area contributed by atoms with Gasteiger partial charge in [-0.3, -0.25) is 4.79 Å². The molecule has 3 nitrogen and oxygen atoms in total. The molecule has 1 unspecified atom stereocenters. The third kappa shape index (κ3) is 2.33. The Kier molecular flexibility index (Phi) is 3.65. The number of hydrogen-bond acceptors (Lipinski definition) is 3. The molecular weight excluding hydrogens is 318 g/mol. The van der Waals surface area contributed by atoms with E-state index in [1.807, 2.05) is 36.5 Å². The van der Waals surface area contributed by atoms with E-state index < -0.39 is 0 Å². The van der Waals surface area contributed by atoms with E-state index in [2.05, 4.69) is 25.6 Å². The molecule has 24 heavy (non-hydrogen) atoms. The van der Waals surface area contributed by atoms with Gasteiger partial charge < -0.3 is 9.30 Å². The Morgan fingerprint density at radius 1 is 1.21 bits per heavy atom. The lowest BCUT2D eigenvalue weighted by atomic mass is 9.97. The molecule has 122 valence electrons. The van der Waals surface area contributed by atoms with Crippen molar-refractivity contribution in [1.82, 2.24) is 4.57 Å². The topological polar surface area (TPSA) is 31.2 Å². The van der Waals surface area contributed by atoms with E-state index >= 15 is 0 Å². The van der Waals surface area contributed by atoms with Gasteiger partial charge in [0.2, 0.25) is 0 Å². The monoisotopic (exact) mass is 337 g/mol. The Balaban J connectivity index is 2.04. The lowest BCUT2D eigenvalue weighted by Crippen LogP contribution is -2.16. The highest BCUT2D eigenvalue weighted by molar-refractivity contribution is 7.80. The Morgan fingerprint density at radius 3 is 2.71 bits per heavy atom. The fourth-order valence-corrected chi connectivity index (χ4v) is 3.76. The summed E-state index contributed by atoms with van der Waals surface area (Å²) < 4.78 is 7.83. The minimum absolute atomic E-state index is 0.0142. The molecule has 0 bridgehead atoms.